The highest BCUT2D eigenvalue weighted by Crippen LogP contribution is 2.40. The van der Waals surface area contributed by atoms with Crippen LogP contribution < -0.4 is 11.3 Å². The molecule has 0 spiro atoms. The summed E-state index contributed by atoms with van der Waals surface area (Å²) in [6.45, 7) is 0. The van der Waals surface area contributed by atoms with E-state index in [9.17, 15) is 24.9 Å². The van der Waals surface area contributed by atoms with Crippen LogP contribution in [0.4, 0.5) is 0 Å². The SMILES string of the molecule is O=c1oc2c(O)c(O)cc3c(=O)oc4cc(O)cc1c4c23. The topological polar surface area (TPSA) is 121 Å². The second kappa shape index (κ2) is 3.45. The molecule has 7 heteroatoms. The van der Waals surface area contributed by atoms with Gasteiger partial charge in [-0.2, -0.15) is 0 Å². The average molecular weight is 286 g/mol. The molecule has 4 rings (SSSR count). The van der Waals surface area contributed by atoms with Crippen molar-refractivity contribution in [1.82, 2.24) is 0 Å². The summed E-state index contributed by atoms with van der Waals surface area (Å²) < 4.78 is 10.0. The zero-order chi connectivity index (χ0) is 14.9. The van der Waals surface area contributed by atoms with Gasteiger partial charge in [0.25, 0.3) is 0 Å². The lowest BCUT2D eigenvalue weighted by Gasteiger charge is -2.09. The third-order valence-corrected chi connectivity index (χ3v) is 3.41. The molecule has 0 aliphatic rings. The molecule has 0 radical (unpaired) electrons. The third kappa shape index (κ3) is 1.32. The van der Waals surface area contributed by atoms with Gasteiger partial charge in [-0.25, -0.2) is 9.59 Å². The summed E-state index contributed by atoms with van der Waals surface area (Å²) in [7, 11) is 0. The van der Waals surface area contributed by atoms with Crippen LogP contribution in [0.25, 0.3) is 32.7 Å². The predicted octanol–water partition coefficient (Wildman–Crippen LogP) is 1.61. The molecule has 2 aromatic heterocycles. The second-order valence-electron chi connectivity index (χ2n) is 4.64. The molecule has 0 bridgehead atoms. The van der Waals surface area contributed by atoms with Crippen molar-refractivity contribution in [3.63, 3.8) is 0 Å². The Bertz CT molecular complexity index is 1150. The number of hydrogen-bond acceptors (Lipinski definition) is 7. The van der Waals surface area contributed by atoms with Crippen LogP contribution in [0.1, 0.15) is 0 Å². The van der Waals surface area contributed by atoms with Crippen LogP contribution in [0.3, 0.4) is 0 Å². The van der Waals surface area contributed by atoms with Gasteiger partial charge in [0, 0.05) is 16.8 Å². The minimum atomic E-state index is -0.834. The molecule has 4 aromatic rings. The van der Waals surface area contributed by atoms with Gasteiger partial charge >= 0.3 is 11.3 Å². The number of rotatable bonds is 0. The van der Waals surface area contributed by atoms with Crippen molar-refractivity contribution in [3.8, 4) is 17.2 Å². The molecular weight excluding hydrogens is 280 g/mol. The average Bonchev–Trinajstić information content (AvgIpc) is 2.42. The first-order chi connectivity index (χ1) is 9.97. The molecule has 21 heavy (non-hydrogen) atoms. The van der Waals surface area contributed by atoms with Gasteiger partial charge in [0.15, 0.2) is 11.3 Å². The zero-order valence-electron chi connectivity index (χ0n) is 10.2. The molecule has 0 saturated carbocycles. The molecule has 0 unspecified atom stereocenters. The molecule has 104 valence electrons. The maximum Gasteiger partial charge on any atom is 0.344 e. The maximum atomic E-state index is 12.0. The summed E-state index contributed by atoms with van der Waals surface area (Å²) in [4.78, 5) is 23.9. The summed E-state index contributed by atoms with van der Waals surface area (Å²) in [6, 6.07) is 3.40. The lowest BCUT2D eigenvalue weighted by Crippen LogP contribution is -2.06. The van der Waals surface area contributed by atoms with Crippen molar-refractivity contribution in [2.75, 3.05) is 0 Å². The molecule has 0 aliphatic carbocycles. The van der Waals surface area contributed by atoms with E-state index in [1.807, 2.05) is 0 Å². The Kier molecular flexibility index (Phi) is 1.91. The molecule has 3 N–H and O–H groups in total. The lowest BCUT2D eigenvalue weighted by atomic mass is 10.0. The van der Waals surface area contributed by atoms with E-state index in [-0.39, 0.29) is 38.5 Å². The normalized spacial score (nSPS) is 11.8. The van der Waals surface area contributed by atoms with Gasteiger partial charge in [0.2, 0.25) is 5.75 Å². The molecule has 0 aliphatic heterocycles. The van der Waals surface area contributed by atoms with Crippen molar-refractivity contribution in [2.45, 2.75) is 0 Å². The van der Waals surface area contributed by atoms with E-state index in [1.54, 1.807) is 0 Å². The highest BCUT2D eigenvalue weighted by atomic mass is 16.4. The van der Waals surface area contributed by atoms with E-state index in [0.717, 1.165) is 6.07 Å². The Morgan fingerprint density at radius 1 is 0.810 bits per heavy atom. The van der Waals surface area contributed by atoms with Crippen molar-refractivity contribution in [3.05, 3.63) is 39.0 Å². The minimum Gasteiger partial charge on any atom is -0.508 e. The van der Waals surface area contributed by atoms with E-state index in [0.29, 0.717) is 0 Å². The number of hydrogen-bond donors (Lipinski definition) is 3. The number of benzene rings is 2. The van der Waals surface area contributed by atoms with E-state index < -0.39 is 22.8 Å². The van der Waals surface area contributed by atoms with Crippen molar-refractivity contribution in [1.29, 1.82) is 0 Å². The first kappa shape index (κ1) is 11.6. The number of phenolic OH excluding ortho intramolecular Hbond substituents is 3. The summed E-state index contributed by atoms with van der Waals surface area (Å²) in [5.41, 5.74) is -1.93. The Morgan fingerprint density at radius 3 is 2.24 bits per heavy atom. The maximum absolute atomic E-state index is 12.0. The van der Waals surface area contributed by atoms with Crippen LogP contribution in [-0.2, 0) is 0 Å². The van der Waals surface area contributed by atoms with Crippen molar-refractivity contribution >= 4 is 32.7 Å². The summed E-state index contributed by atoms with van der Waals surface area (Å²) in [5, 5.41) is 29.4. The Balaban J connectivity index is 2.54. The fourth-order valence-corrected chi connectivity index (χ4v) is 2.55. The van der Waals surface area contributed by atoms with Crippen LogP contribution in [0, 0.1) is 0 Å². The fraction of sp³-hybridized carbons (Fsp3) is 0. The zero-order valence-corrected chi connectivity index (χ0v) is 10.2. The Labute approximate surface area is 114 Å². The van der Waals surface area contributed by atoms with Crippen molar-refractivity contribution in [2.24, 2.45) is 0 Å². The van der Waals surface area contributed by atoms with Crippen LogP contribution >= 0.6 is 0 Å². The molecule has 2 heterocycles. The quantitative estimate of drug-likeness (QED) is 0.255. The first-order valence-corrected chi connectivity index (χ1v) is 5.88. The van der Waals surface area contributed by atoms with E-state index in [1.165, 1.54) is 12.1 Å². The summed E-state index contributed by atoms with van der Waals surface area (Å²) >= 11 is 0. The van der Waals surface area contributed by atoms with Gasteiger partial charge in [-0.05, 0) is 12.1 Å². The predicted molar refractivity (Wildman–Crippen MR) is 72.2 cm³/mol. The van der Waals surface area contributed by atoms with Gasteiger partial charge in [-0.1, -0.05) is 0 Å². The van der Waals surface area contributed by atoms with Crippen LogP contribution in [-0.4, -0.2) is 15.3 Å². The highest BCUT2D eigenvalue weighted by Gasteiger charge is 2.22. The van der Waals surface area contributed by atoms with Crippen LogP contribution in [0.2, 0.25) is 0 Å². The molecule has 0 atom stereocenters. The molecule has 0 saturated heterocycles. The summed E-state index contributed by atoms with van der Waals surface area (Å²) in [5.74, 6) is -1.50. The van der Waals surface area contributed by atoms with Crippen molar-refractivity contribution < 1.29 is 24.2 Å². The smallest absolute Gasteiger partial charge is 0.344 e. The van der Waals surface area contributed by atoms with Crippen LogP contribution in [0.5, 0.6) is 17.2 Å². The highest BCUT2D eigenvalue weighted by molar-refractivity contribution is 6.20. The molecule has 7 nitrogen and oxygen atoms in total. The first-order valence-electron chi connectivity index (χ1n) is 5.88. The Morgan fingerprint density at radius 2 is 1.48 bits per heavy atom. The van der Waals surface area contributed by atoms with Gasteiger partial charge < -0.3 is 24.2 Å². The van der Waals surface area contributed by atoms with Gasteiger partial charge in [-0.15, -0.1) is 0 Å². The third-order valence-electron chi connectivity index (χ3n) is 3.41. The Hall–Kier alpha value is -3.22. The molecule has 2 aromatic carbocycles. The lowest BCUT2D eigenvalue weighted by molar-refractivity contribution is 0.398. The summed E-state index contributed by atoms with van der Waals surface area (Å²) in [6.07, 6.45) is 0. The monoisotopic (exact) mass is 286 g/mol. The van der Waals surface area contributed by atoms with Gasteiger partial charge in [0.05, 0.1) is 10.8 Å². The molecule has 0 amide bonds. The molecular formula is C14H6O7. The fourth-order valence-electron chi connectivity index (χ4n) is 2.55. The minimum absolute atomic E-state index is 0.00881. The molecule has 0 fully saturated rings. The van der Waals surface area contributed by atoms with Crippen LogP contribution in [0.15, 0.2) is 36.6 Å². The number of aromatic hydroxyl groups is 3. The largest absolute Gasteiger partial charge is 0.508 e. The second-order valence-corrected chi connectivity index (χ2v) is 4.64. The van der Waals surface area contributed by atoms with E-state index in [4.69, 9.17) is 8.83 Å². The standard InChI is InChI=1S/C14H6O7/c15-4-1-5-9-8(2-4)20-13(18)6-3-7(16)11(17)12(10(6)9)21-14(5)19/h1-3,15-17H. The van der Waals surface area contributed by atoms with E-state index >= 15 is 0 Å². The van der Waals surface area contributed by atoms with E-state index in [2.05, 4.69) is 0 Å². The van der Waals surface area contributed by atoms with Gasteiger partial charge in [-0.3, -0.25) is 0 Å². The number of phenols is 3. The van der Waals surface area contributed by atoms with Gasteiger partial charge in [0.1, 0.15) is 11.3 Å².